The second-order valence-electron chi connectivity index (χ2n) is 4.20. The van der Waals surface area contributed by atoms with Gasteiger partial charge in [-0.3, -0.25) is 4.79 Å². The fourth-order valence-electron chi connectivity index (χ4n) is 2.54. The molecule has 2 saturated heterocycles. The molecule has 13 heavy (non-hydrogen) atoms. The summed E-state index contributed by atoms with van der Waals surface area (Å²) in [4.78, 5) is 13.8. The lowest BCUT2D eigenvalue weighted by atomic mass is 9.88. The van der Waals surface area contributed by atoms with Crippen LogP contribution in [0, 0.1) is 11.8 Å². The highest BCUT2D eigenvalue weighted by atomic mass is 16.2. The Balaban J connectivity index is 1.91. The van der Waals surface area contributed by atoms with Crippen LogP contribution in [0.2, 0.25) is 0 Å². The molecule has 0 aromatic carbocycles. The van der Waals surface area contributed by atoms with Crippen LogP contribution in [0.4, 0.5) is 0 Å². The first kappa shape index (κ1) is 9.00. The first-order chi connectivity index (χ1) is 6.31. The third-order valence-electron chi connectivity index (χ3n) is 3.23. The molecule has 1 amide bonds. The Kier molecular flexibility index (Phi) is 2.54. The van der Waals surface area contributed by atoms with Gasteiger partial charge in [0.2, 0.25) is 5.91 Å². The Morgan fingerprint density at radius 2 is 2.46 bits per heavy atom. The normalized spacial score (nSPS) is 34.4. The van der Waals surface area contributed by atoms with E-state index < -0.39 is 0 Å². The molecule has 0 aromatic heterocycles. The van der Waals surface area contributed by atoms with Gasteiger partial charge in [0.1, 0.15) is 0 Å². The fraction of sp³-hybridized carbons (Fsp3) is 0.900. The number of fused-ring (bicyclic) bond motifs is 1. The zero-order valence-corrected chi connectivity index (χ0v) is 8.25. The van der Waals surface area contributed by atoms with Crippen molar-refractivity contribution in [3.8, 4) is 0 Å². The van der Waals surface area contributed by atoms with Gasteiger partial charge in [0.15, 0.2) is 0 Å². The number of nitrogens with one attached hydrogen (secondary N) is 1. The Labute approximate surface area is 79.5 Å². The predicted octanol–water partition coefficient (Wildman–Crippen LogP) is 0.464. The summed E-state index contributed by atoms with van der Waals surface area (Å²) in [6, 6.07) is 0. The van der Waals surface area contributed by atoms with E-state index in [1.807, 2.05) is 0 Å². The first-order valence-corrected chi connectivity index (χ1v) is 5.31. The quantitative estimate of drug-likeness (QED) is 0.673. The molecule has 2 unspecified atom stereocenters. The molecule has 3 heteroatoms. The molecule has 2 aliphatic rings. The van der Waals surface area contributed by atoms with Gasteiger partial charge >= 0.3 is 0 Å². The van der Waals surface area contributed by atoms with E-state index in [1.54, 1.807) is 0 Å². The number of hydrogen-bond acceptors (Lipinski definition) is 2. The molecule has 0 spiro atoms. The summed E-state index contributed by atoms with van der Waals surface area (Å²) in [5, 5.41) is 2.96. The highest BCUT2D eigenvalue weighted by Gasteiger charge is 2.38. The average Bonchev–Trinajstić information content (AvgIpc) is 2.48. The van der Waals surface area contributed by atoms with Crippen molar-refractivity contribution in [2.24, 2.45) is 11.8 Å². The predicted molar refractivity (Wildman–Crippen MR) is 51.3 cm³/mol. The largest absolute Gasteiger partial charge is 0.355 e. The van der Waals surface area contributed by atoms with Crippen molar-refractivity contribution >= 4 is 5.91 Å². The number of likely N-dealkylation sites (tertiary alicyclic amines) is 1. The summed E-state index contributed by atoms with van der Waals surface area (Å²) in [6.45, 7) is 6.55. The van der Waals surface area contributed by atoms with Crippen molar-refractivity contribution < 1.29 is 4.79 Å². The lowest BCUT2D eigenvalue weighted by Gasteiger charge is -2.32. The van der Waals surface area contributed by atoms with E-state index in [9.17, 15) is 4.79 Å². The minimum atomic E-state index is 0.293. The number of carbonyl (C=O) groups excluding carboxylic acids is 1. The van der Waals surface area contributed by atoms with Crippen LogP contribution >= 0.6 is 0 Å². The maximum atomic E-state index is 11.3. The lowest BCUT2D eigenvalue weighted by molar-refractivity contribution is -0.124. The molecule has 2 fully saturated rings. The zero-order chi connectivity index (χ0) is 9.26. The molecule has 1 N–H and O–H groups in total. The maximum Gasteiger partial charge on any atom is 0.223 e. The molecule has 0 aliphatic carbocycles. The highest BCUT2D eigenvalue weighted by Crippen LogP contribution is 2.27. The van der Waals surface area contributed by atoms with Crippen LogP contribution in [0.25, 0.3) is 0 Å². The molecule has 0 radical (unpaired) electrons. The lowest BCUT2D eigenvalue weighted by Crippen LogP contribution is -2.40. The maximum absolute atomic E-state index is 11.3. The third-order valence-corrected chi connectivity index (χ3v) is 3.23. The smallest absolute Gasteiger partial charge is 0.223 e. The van der Waals surface area contributed by atoms with Crippen molar-refractivity contribution in [3.05, 3.63) is 0 Å². The number of rotatable bonds is 2. The SMILES string of the molecule is CCCN1CCC2C(=O)NCC2C1. The van der Waals surface area contributed by atoms with Crippen molar-refractivity contribution in [2.45, 2.75) is 19.8 Å². The second kappa shape index (κ2) is 3.66. The van der Waals surface area contributed by atoms with Crippen LogP contribution in [0.3, 0.4) is 0 Å². The first-order valence-electron chi connectivity index (χ1n) is 5.31. The van der Waals surface area contributed by atoms with Crippen LogP contribution in [-0.2, 0) is 4.79 Å². The van der Waals surface area contributed by atoms with Gasteiger partial charge in [-0.2, -0.15) is 0 Å². The van der Waals surface area contributed by atoms with E-state index >= 15 is 0 Å². The average molecular weight is 182 g/mol. The van der Waals surface area contributed by atoms with Gasteiger partial charge in [0.05, 0.1) is 0 Å². The topological polar surface area (TPSA) is 32.3 Å². The zero-order valence-electron chi connectivity index (χ0n) is 8.25. The van der Waals surface area contributed by atoms with E-state index in [0.29, 0.717) is 17.7 Å². The summed E-state index contributed by atoms with van der Waals surface area (Å²) in [5.41, 5.74) is 0. The van der Waals surface area contributed by atoms with E-state index in [1.165, 1.54) is 13.0 Å². The molecule has 2 atom stereocenters. The van der Waals surface area contributed by atoms with Crippen LogP contribution in [0.5, 0.6) is 0 Å². The van der Waals surface area contributed by atoms with Crippen LogP contribution in [0.15, 0.2) is 0 Å². The summed E-state index contributed by atoms with van der Waals surface area (Å²) in [5.74, 6) is 1.21. The van der Waals surface area contributed by atoms with Gasteiger partial charge in [-0.05, 0) is 25.9 Å². The third kappa shape index (κ3) is 1.70. The molecule has 0 aromatic rings. The minimum absolute atomic E-state index is 0.293. The van der Waals surface area contributed by atoms with Gasteiger partial charge in [0, 0.05) is 24.9 Å². The fourth-order valence-corrected chi connectivity index (χ4v) is 2.54. The van der Waals surface area contributed by atoms with Gasteiger partial charge in [-0.15, -0.1) is 0 Å². The number of hydrogen-bond donors (Lipinski definition) is 1. The minimum Gasteiger partial charge on any atom is -0.355 e. The van der Waals surface area contributed by atoms with Crippen LogP contribution in [-0.4, -0.2) is 37.0 Å². The number of carbonyl (C=O) groups is 1. The molecule has 2 heterocycles. The second-order valence-corrected chi connectivity index (χ2v) is 4.20. The molecule has 2 aliphatic heterocycles. The summed E-state index contributed by atoms with van der Waals surface area (Å²) in [7, 11) is 0. The van der Waals surface area contributed by atoms with E-state index in [0.717, 1.165) is 26.1 Å². The molecule has 3 nitrogen and oxygen atoms in total. The molecular formula is C10H18N2O. The summed E-state index contributed by atoms with van der Waals surface area (Å²) in [6.07, 6.45) is 2.29. The van der Waals surface area contributed by atoms with Crippen molar-refractivity contribution in [1.82, 2.24) is 10.2 Å². The van der Waals surface area contributed by atoms with Crippen molar-refractivity contribution in [1.29, 1.82) is 0 Å². The van der Waals surface area contributed by atoms with Gasteiger partial charge in [-0.1, -0.05) is 6.92 Å². The molecular weight excluding hydrogens is 164 g/mol. The van der Waals surface area contributed by atoms with Gasteiger partial charge in [-0.25, -0.2) is 0 Å². The van der Waals surface area contributed by atoms with Crippen LogP contribution in [0.1, 0.15) is 19.8 Å². The van der Waals surface area contributed by atoms with Crippen molar-refractivity contribution in [3.63, 3.8) is 0 Å². The monoisotopic (exact) mass is 182 g/mol. The Morgan fingerprint density at radius 1 is 1.62 bits per heavy atom. The number of piperidine rings is 1. The van der Waals surface area contributed by atoms with E-state index in [4.69, 9.17) is 0 Å². The van der Waals surface area contributed by atoms with E-state index in [-0.39, 0.29) is 0 Å². The van der Waals surface area contributed by atoms with Gasteiger partial charge < -0.3 is 10.2 Å². The van der Waals surface area contributed by atoms with Gasteiger partial charge in [0.25, 0.3) is 0 Å². The number of nitrogens with zero attached hydrogens (tertiary/aromatic N) is 1. The van der Waals surface area contributed by atoms with Crippen molar-refractivity contribution in [2.75, 3.05) is 26.2 Å². The standard InChI is InChI=1S/C10H18N2O/c1-2-4-12-5-3-9-8(7-12)6-11-10(9)13/h8-9H,2-7H2,1H3,(H,11,13). The van der Waals surface area contributed by atoms with Crippen LogP contribution < -0.4 is 5.32 Å². The Bertz CT molecular complexity index is 205. The molecule has 0 bridgehead atoms. The molecule has 2 rings (SSSR count). The summed E-state index contributed by atoms with van der Waals surface area (Å²) < 4.78 is 0. The molecule has 74 valence electrons. The Hall–Kier alpha value is -0.570. The number of amides is 1. The molecule has 0 saturated carbocycles. The van der Waals surface area contributed by atoms with E-state index in [2.05, 4.69) is 17.1 Å². The Morgan fingerprint density at radius 3 is 3.23 bits per heavy atom. The highest BCUT2D eigenvalue weighted by molar-refractivity contribution is 5.81. The summed E-state index contributed by atoms with van der Waals surface area (Å²) >= 11 is 0.